The molecule has 1 aromatic carbocycles. The molecule has 8 heteroatoms. The van der Waals surface area contributed by atoms with Gasteiger partial charge >= 0.3 is 0 Å². The summed E-state index contributed by atoms with van der Waals surface area (Å²) >= 11 is 0. The van der Waals surface area contributed by atoms with Crippen molar-refractivity contribution in [3.63, 3.8) is 0 Å². The molecule has 23 heavy (non-hydrogen) atoms. The summed E-state index contributed by atoms with van der Waals surface area (Å²) in [6.45, 7) is 1.73. The molecule has 4 N–H and O–H groups in total. The highest BCUT2D eigenvalue weighted by Gasteiger charge is 2.12. The summed E-state index contributed by atoms with van der Waals surface area (Å²) in [6, 6.07) is 8.36. The smallest absolute Gasteiger partial charge is 0.161 e. The van der Waals surface area contributed by atoms with Gasteiger partial charge < -0.3 is 16.2 Å². The number of hydrogen-bond donors (Lipinski definition) is 3. The molecule has 1 atom stereocenters. The van der Waals surface area contributed by atoms with Crippen molar-refractivity contribution in [3.8, 4) is 11.4 Å². The van der Waals surface area contributed by atoms with Crippen LogP contribution in [0.25, 0.3) is 11.4 Å². The Balaban J connectivity index is 2.45. The molecular weight excluding hydrogens is 316 g/mol. The van der Waals surface area contributed by atoms with Gasteiger partial charge in [-0.3, -0.25) is 0 Å². The van der Waals surface area contributed by atoms with Gasteiger partial charge in [-0.05, 0) is 31.2 Å². The van der Waals surface area contributed by atoms with E-state index in [1.807, 2.05) is 0 Å². The van der Waals surface area contributed by atoms with Crippen LogP contribution in [0.5, 0.6) is 0 Å². The van der Waals surface area contributed by atoms with Crippen LogP contribution in [0.2, 0.25) is 0 Å². The number of anilines is 2. The third kappa shape index (κ3) is 5.19. The first-order valence-electron chi connectivity index (χ1n) is 7.06. The number of nitrogens with one attached hydrogen (secondary N) is 1. The summed E-state index contributed by atoms with van der Waals surface area (Å²) in [5.41, 5.74) is 7.41. The molecule has 0 unspecified atom stereocenters. The zero-order chi connectivity index (χ0) is 17.0. The number of aromatic nitrogens is 2. The van der Waals surface area contributed by atoms with Crippen LogP contribution in [0, 0.1) is 0 Å². The fourth-order valence-electron chi connectivity index (χ4n) is 1.97. The first kappa shape index (κ1) is 17.2. The third-order valence-electron chi connectivity index (χ3n) is 3.03. The Morgan fingerprint density at radius 1 is 1.26 bits per heavy atom. The number of rotatable bonds is 6. The Hall–Kier alpha value is -2.19. The van der Waals surface area contributed by atoms with Crippen molar-refractivity contribution in [1.82, 2.24) is 9.97 Å². The number of benzene rings is 1. The van der Waals surface area contributed by atoms with Gasteiger partial charge in [-0.15, -0.1) is 0 Å². The predicted octanol–water partition coefficient (Wildman–Crippen LogP) is 1.06. The van der Waals surface area contributed by atoms with Gasteiger partial charge in [-0.25, -0.2) is 18.4 Å². The fourth-order valence-corrected chi connectivity index (χ4v) is 2.66. The van der Waals surface area contributed by atoms with Gasteiger partial charge in [0.05, 0.1) is 18.1 Å². The van der Waals surface area contributed by atoms with E-state index in [0.717, 1.165) is 11.8 Å². The SMILES string of the molecule is C[C@@H](CO)Nc1cc(CS(C)(=O)=O)nc(-c2ccc(N)cc2)n1. The second-order valence-corrected chi connectivity index (χ2v) is 7.63. The van der Waals surface area contributed by atoms with Crippen LogP contribution < -0.4 is 11.1 Å². The molecule has 1 heterocycles. The van der Waals surface area contributed by atoms with E-state index < -0.39 is 9.84 Å². The lowest BCUT2D eigenvalue weighted by atomic mass is 10.2. The minimum Gasteiger partial charge on any atom is -0.399 e. The van der Waals surface area contributed by atoms with Crippen molar-refractivity contribution in [2.75, 3.05) is 23.9 Å². The minimum absolute atomic E-state index is 0.0668. The molecule has 0 radical (unpaired) electrons. The molecule has 2 rings (SSSR count). The van der Waals surface area contributed by atoms with Crippen molar-refractivity contribution < 1.29 is 13.5 Å². The van der Waals surface area contributed by atoms with Crippen molar-refractivity contribution in [3.05, 3.63) is 36.0 Å². The molecule has 0 amide bonds. The van der Waals surface area contributed by atoms with Crippen molar-refractivity contribution in [2.45, 2.75) is 18.7 Å². The summed E-state index contributed by atoms with van der Waals surface area (Å²) < 4.78 is 23.1. The zero-order valence-corrected chi connectivity index (χ0v) is 13.8. The molecule has 0 aliphatic carbocycles. The van der Waals surface area contributed by atoms with Crippen LogP contribution in [0.1, 0.15) is 12.6 Å². The molecule has 7 nitrogen and oxygen atoms in total. The maximum atomic E-state index is 11.5. The van der Waals surface area contributed by atoms with Gasteiger partial charge in [0.15, 0.2) is 15.7 Å². The second kappa shape index (κ2) is 6.93. The molecule has 0 saturated carbocycles. The molecule has 0 fully saturated rings. The fraction of sp³-hybridized carbons (Fsp3) is 0.333. The molecule has 0 aliphatic heterocycles. The molecule has 124 valence electrons. The summed E-state index contributed by atoms with van der Waals surface area (Å²) in [5.74, 6) is 0.686. The normalized spacial score (nSPS) is 12.8. The Morgan fingerprint density at radius 3 is 2.48 bits per heavy atom. The standard InChI is InChI=1S/C15H20N4O3S/c1-10(8-20)17-14-7-13(9-23(2,21)22)18-15(19-14)11-3-5-12(16)6-4-11/h3-7,10,20H,8-9,16H2,1-2H3,(H,17,18,19)/t10-/m0/s1. The van der Waals surface area contributed by atoms with Crippen LogP contribution in [-0.2, 0) is 15.6 Å². The van der Waals surface area contributed by atoms with Crippen molar-refractivity contribution >= 4 is 21.3 Å². The van der Waals surface area contributed by atoms with E-state index in [1.54, 1.807) is 37.3 Å². The Labute approximate surface area is 135 Å². The lowest BCUT2D eigenvalue weighted by Crippen LogP contribution is -2.20. The Morgan fingerprint density at radius 2 is 1.91 bits per heavy atom. The van der Waals surface area contributed by atoms with Gasteiger partial charge in [0, 0.05) is 29.6 Å². The number of nitrogen functional groups attached to an aromatic ring is 1. The van der Waals surface area contributed by atoms with E-state index in [1.165, 1.54) is 0 Å². The van der Waals surface area contributed by atoms with E-state index in [0.29, 0.717) is 23.0 Å². The molecule has 0 spiro atoms. The highest BCUT2D eigenvalue weighted by Crippen LogP contribution is 2.20. The molecule has 0 bridgehead atoms. The number of aliphatic hydroxyl groups excluding tert-OH is 1. The van der Waals surface area contributed by atoms with Crippen LogP contribution in [0.4, 0.5) is 11.5 Å². The van der Waals surface area contributed by atoms with E-state index in [9.17, 15) is 8.42 Å². The summed E-state index contributed by atoms with van der Waals surface area (Å²) in [5, 5.41) is 12.2. The monoisotopic (exact) mass is 336 g/mol. The van der Waals surface area contributed by atoms with Gasteiger partial charge in [-0.1, -0.05) is 0 Å². The molecule has 0 aliphatic rings. The number of nitrogens with two attached hydrogens (primary N) is 1. The quantitative estimate of drug-likeness (QED) is 0.675. The maximum Gasteiger partial charge on any atom is 0.161 e. The van der Waals surface area contributed by atoms with Crippen LogP contribution in [0.15, 0.2) is 30.3 Å². The lowest BCUT2D eigenvalue weighted by molar-refractivity contribution is 0.281. The zero-order valence-electron chi connectivity index (χ0n) is 13.0. The number of hydrogen-bond acceptors (Lipinski definition) is 7. The highest BCUT2D eigenvalue weighted by atomic mass is 32.2. The Kier molecular flexibility index (Phi) is 5.17. The maximum absolute atomic E-state index is 11.5. The van der Waals surface area contributed by atoms with Gasteiger partial charge in [0.1, 0.15) is 5.82 Å². The minimum atomic E-state index is -3.22. The first-order chi connectivity index (χ1) is 10.8. The average Bonchev–Trinajstić information content (AvgIpc) is 2.45. The predicted molar refractivity (Wildman–Crippen MR) is 90.6 cm³/mol. The molecule has 2 aromatic rings. The molecule has 1 aromatic heterocycles. The topological polar surface area (TPSA) is 118 Å². The first-order valence-corrected chi connectivity index (χ1v) is 9.12. The van der Waals surface area contributed by atoms with Crippen molar-refractivity contribution in [1.29, 1.82) is 0 Å². The summed E-state index contributed by atoms with van der Waals surface area (Å²) in [7, 11) is -3.22. The van der Waals surface area contributed by atoms with Crippen LogP contribution >= 0.6 is 0 Å². The highest BCUT2D eigenvalue weighted by molar-refractivity contribution is 7.89. The Bertz CT molecular complexity index is 776. The summed E-state index contributed by atoms with van der Waals surface area (Å²) in [6.07, 6.45) is 1.15. The van der Waals surface area contributed by atoms with Crippen LogP contribution in [0.3, 0.4) is 0 Å². The largest absolute Gasteiger partial charge is 0.399 e. The van der Waals surface area contributed by atoms with Gasteiger partial charge in [0.2, 0.25) is 0 Å². The molecular formula is C15H20N4O3S. The molecule has 0 saturated heterocycles. The van der Waals surface area contributed by atoms with E-state index >= 15 is 0 Å². The van der Waals surface area contributed by atoms with Crippen LogP contribution in [-0.4, -0.2) is 42.4 Å². The second-order valence-electron chi connectivity index (χ2n) is 5.49. The number of nitrogens with zero attached hydrogens (tertiary/aromatic N) is 2. The number of sulfone groups is 1. The average molecular weight is 336 g/mol. The van der Waals surface area contributed by atoms with E-state index in [4.69, 9.17) is 10.8 Å². The van der Waals surface area contributed by atoms with Gasteiger partial charge in [-0.2, -0.15) is 0 Å². The number of aliphatic hydroxyl groups is 1. The third-order valence-corrected chi connectivity index (χ3v) is 3.85. The van der Waals surface area contributed by atoms with E-state index in [-0.39, 0.29) is 18.4 Å². The van der Waals surface area contributed by atoms with E-state index in [2.05, 4.69) is 15.3 Å². The van der Waals surface area contributed by atoms with Crippen molar-refractivity contribution in [2.24, 2.45) is 0 Å². The van der Waals surface area contributed by atoms with Gasteiger partial charge in [0.25, 0.3) is 0 Å². The summed E-state index contributed by atoms with van der Waals surface area (Å²) in [4.78, 5) is 8.70. The lowest BCUT2D eigenvalue weighted by Gasteiger charge is -2.14.